The third-order valence-electron chi connectivity index (χ3n) is 5.12. The van der Waals surface area contributed by atoms with Gasteiger partial charge in [-0.25, -0.2) is 5.43 Å². The molecular formula is C25H23BrN6O4S. The van der Waals surface area contributed by atoms with Crippen LogP contribution >= 0.6 is 27.7 Å². The number of nitrogens with one attached hydrogen (secondary N) is 1. The summed E-state index contributed by atoms with van der Waals surface area (Å²) >= 11 is 4.71. The summed E-state index contributed by atoms with van der Waals surface area (Å²) in [6.45, 7) is 0. The number of hydrogen-bond acceptors (Lipinski definition) is 9. The molecule has 2 aromatic carbocycles. The third-order valence-corrected chi connectivity index (χ3v) is 6.57. The first-order valence-corrected chi connectivity index (χ1v) is 12.7. The lowest BCUT2D eigenvalue weighted by atomic mass is 10.2. The van der Waals surface area contributed by atoms with Gasteiger partial charge in [0, 0.05) is 33.7 Å². The Morgan fingerprint density at radius 3 is 2.41 bits per heavy atom. The highest BCUT2D eigenvalue weighted by Gasteiger charge is 2.18. The van der Waals surface area contributed by atoms with E-state index in [-0.39, 0.29) is 11.7 Å². The zero-order chi connectivity index (χ0) is 26.2. The summed E-state index contributed by atoms with van der Waals surface area (Å²) < 4.78 is 19.0. The summed E-state index contributed by atoms with van der Waals surface area (Å²) in [7, 11) is 4.58. The number of amides is 1. The first-order valence-electron chi connectivity index (χ1n) is 10.9. The molecule has 0 saturated heterocycles. The van der Waals surface area contributed by atoms with Crippen LogP contribution in [0.15, 0.2) is 75.7 Å². The lowest BCUT2D eigenvalue weighted by Gasteiger charge is -2.13. The first-order chi connectivity index (χ1) is 18.0. The molecule has 4 aromatic rings. The van der Waals surface area contributed by atoms with E-state index in [1.807, 2.05) is 41.0 Å². The summed E-state index contributed by atoms with van der Waals surface area (Å²) in [5, 5.41) is 13.3. The van der Waals surface area contributed by atoms with Gasteiger partial charge in [-0.05, 0) is 48.5 Å². The maximum Gasteiger partial charge on any atom is 0.250 e. The largest absolute Gasteiger partial charge is 0.493 e. The van der Waals surface area contributed by atoms with Crippen LogP contribution in [-0.2, 0) is 4.79 Å². The Kier molecular flexibility index (Phi) is 8.75. The summed E-state index contributed by atoms with van der Waals surface area (Å²) in [6, 6.07) is 15.0. The average Bonchev–Trinajstić information content (AvgIpc) is 3.36. The number of hydrogen-bond donors (Lipinski definition) is 1. The summed E-state index contributed by atoms with van der Waals surface area (Å²) in [6.07, 6.45) is 4.87. The lowest BCUT2D eigenvalue weighted by molar-refractivity contribution is -0.118. The van der Waals surface area contributed by atoms with Crippen molar-refractivity contribution in [2.75, 3.05) is 27.1 Å². The Bertz CT molecular complexity index is 1400. The fourth-order valence-electron chi connectivity index (χ4n) is 3.44. The van der Waals surface area contributed by atoms with Crippen LogP contribution in [-0.4, -0.2) is 59.0 Å². The Labute approximate surface area is 226 Å². The molecule has 190 valence electrons. The smallest absolute Gasteiger partial charge is 0.250 e. The van der Waals surface area contributed by atoms with Crippen molar-refractivity contribution in [2.45, 2.75) is 5.16 Å². The molecule has 0 aliphatic rings. The van der Waals surface area contributed by atoms with E-state index in [9.17, 15) is 4.79 Å². The molecule has 2 aromatic heterocycles. The number of carbonyl (C=O) groups excluding carboxylic acids is 1. The third kappa shape index (κ3) is 6.09. The second kappa shape index (κ2) is 12.4. The monoisotopic (exact) mass is 582 g/mol. The van der Waals surface area contributed by atoms with Gasteiger partial charge in [0.15, 0.2) is 22.5 Å². The van der Waals surface area contributed by atoms with Crippen LogP contribution in [0.1, 0.15) is 5.56 Å². The van der Waals surface area contributed by atoms with Crippen molar-refractivity contribution in [1.29, 1.82) is 0 Å². The molecule has 0 radical (unpaired) electrons. The highest BCUT2D eigenvalue weighted by molar-refractivity contribution is 9.10. The summed E-state index contributed by atoms with van der Waals surface area (Å²) in [5.41, 5.74) is 4.87. The maximum atomic E-state index is 12.6. The fraction of sp³-hybridized carbons (Fsp3) is 0.160. The molecule has 10 nitrogen and oxygen atoms in total. The van der Waals surface area contributed by atoms with Gasteiger partial charge < -0.3 is 14.2 Å². The second-order valence-corrected chi connectivity index (χ2v) is 9.22. The van der Waals surface area contributed by atoms with Gasteiger partial charge >= 0.3 is 0 Å². The number of rotatable bonds is 10. The molecule has 4 rings (SSSR count). The van der Waals surface area contributed by atoms with Crippen LogP contribution in [0.25, 0.3) is 17.1 Å². The molecule has 0 fully saturated rings. The molecule has 37 heavy (non-hydrogen) atoms. The number of halogens is 1. The minimum atomic E-state index is -0.309. The number of aromatic nitrogens is 4. The topological polar surface area (TPSA) is 113 Å². The predicted octanol–water partition coefficient (Wildman–Crippen LogP) is 4.36. The van der Waals surface area contributed by atoms with Crippen molar-refractivity contribution in [3.05, 3.63) is 71.0 Å². The number of carbonyl (C=O) groups is 1. The van der Waals surface area contributed by atoms with E-state index in [4.69, 9.17) is 14.2 Å². The van der Waals surface area contributed by atoms with Crippen molar-refractivity contribution >= 4 is 39.8 Å². The van der Waals surface area contributed by atoms with Crippen LogP contribution in [0.3, 0.4) is 0 Å². The fourth-order valence-corrected chi connectivity index (χ4v) is 4.45. The Balaban J connectivity index is 1.49. The minimum absolute atomic E-state index is 0.0748. The van der Waals surface area contributed by atoms with Crippen molar-refractivity contribution in [3.8, 4) is 34.3 Å². The van der Waals surface area contributed by atoms with Gasteiger partial charge in [-0.1, -0.05) is 27.7 Å². The van der Waals surface area contributed by atoms with Crippen LogP contribution < -0.4 is 19.6 Å². The highest BCUT2D eigenvalue weighted by Crippen LogP contribution is 2.39. The van der Waals surface area contributed by atoms with Gasteiger partial charge in [0.05, 0.1) is 33.3 Å². The molecule has 0 spiro atoms. The molecule has 0 saturated carbocycles. The van der Waals surface area contributed by atoms with Crippen molar-refractivity contribution in [1.82, 2.24) is 25.2 Å². The number of hydrazone groups is 1. The SMILES string of the molecule is COc1ccc(C=NNC(=O)CSc2nnc(-c3ccncc3)n2-c2ccc(Br)cc2)c(OC)c1OC. The Morgan fingerprint density at radius 1 is 1.00 bits per heavy atom. The number of thioether (sulfide) groups is 1. The van der Waals surface area contributed by atoms with Crippen LogP contribution in [0.2, 0.25) is 0 Å². The van der Waals surface area contributed by atoms with E-state index in [0.29, 0.717) is 33.8 Å². The Morgan fingerprint density at radius 2 is 1.73 bits per heavy atom. The van der Waals surface area contributed by atoms with Crippen LogP contribution in [0, 0.1) is 0 Å². The molecule has 1 amide bonds. The molecule has 0 aliphatic carbocycles. The van der Waals surface area contributed by atoms with Crippen molar-refractivity contribution in [3.63, 3.8) is 0 Å². The van der Waals surface area contributed by atoms with Gasteiger partial charge in [-0.15, -0.1) is 10.2 Å². The van der Waals surface area contributed by atoms with Crippen molar-refractivity contribution in [2.24, 2.45) is 5.10 Å². The molecular weight excluding hydrogens is 560 g/mol. The van der Waals surface area contributed by atoms with E-state index in [1.165, 1.54) is 32.2 Å². The molecule has 0 aliphatic heterocycles. The van der Waals surface area contributed by atoms with Crippen LogP contribution in [0.5, 0.6) is 17.2 Å². The number of nitrogens with zero attached hydrogens (tertiary/aromatic N) is 5. The number of ether oxygens (including phenoxy) is 3. The molecule has 0 bridgehead atoms. The summed E-state index contributed by atoms with van der Waals surface area (Å²) in [4.78, 5) is 16.6. The quantitative estimate of drug-likeness (QED) is 0.167. The molecule has 2 heterocycles. The zero-order valence-corrected chi connectivity index (χ0v) is 22.6. The average molecular weight is 583 g/mol. The van der Waals surface area contributed by atoms with Gasteiger partial charge in [-0.3, -0.25) is 14.3 Å². The van der Waals surface area contributed by atoms with E-state index in [1.54, 1.807) is 31.6 Å². The highest BCUT2D eigenvalue weighted by atomic mass is 79.9. The number of pyridine rings is 1. The van der Waals surface area contributed by atoms with Gasteiger partial charge in [0.1, 0.15) is 0 Å². The van der Waals surface area contributed by atoms with Gasteiger partial charge in [0.25, 0.3) is 5.91 Å². The van der Waals surface area contributed by atoms with E-state index >= 15 is 0 Å². The number of methoxy groups -OCH3 is 3. The summed E-state index contributed by atoms with van der Waals surface area (Å²) in [5.74, 6) is 1.82. The molecule has 0 atom stereocenters. The normalized spacial score (nSPS) is 10.9. The lowest BCUT2D eigenvalue weighted by Crippen LogP contribution is -2.20. The molecule has 12 heteroatoms. The molecule has 0 unspecified atom stereocenters. The maximum absolute atomic E-state index is 12.6. The van der Waals surface area contributed by atoms with Crippen LogP contribution in [0.4, 0.5) is 0 Å². The molecule has 1 N–H and O–H groups in total. The van der Waals surface area contributed by atoms with E-state index in [0.717, 1.165) is 15.7 Å². The second-order valence-electron chi connectivity index (χ2n) is 7.36. The standard InChI is InChI=1S/C25H23BrN6O4S/c1-34-20-9-4-17(22(35-2)23(20)36-3)14-28-29-21(33)15-37-25-31-30-24(16-10-12-27-13-11-16)32(25)19-7-5-18(26)6-8-19/h4-14H,15H2,1-3H3,(H,29,33). The zero-order valence-electron chi connectivity index (χ0n) is 20.2. The van der Waals surface area contributed by atoms with Crippen molar-refractivity contribution < 1.29 is 19.0 Å². The van der Waals surface area contributed by atoms with E-state index in [2.05, 4.69) is 41.6 Å². The number of benzene rings is 2. The Hall–Kier alpha value is -3.90. The van der Waals surface area contributed by atoms with Gasteiger partial charge in [-0.2, -0.15) is 5.10 Å². The predicted molar refractivity (Wildman–Crippen MR) is 145 cm³/mol. The van der Waals surface area contributed by atoms with Gasteiger partial charge in [0.2, 0.25) is 5.75 Å². The minimum Gasteiger partial charge on any atom is -0.493 e. The van der Waals surface area contributed by atoms with E-state index < -0.39 is 0 Å². The first kappa shape index (κ1) is 26.2.